The van der Waals surface area contributed by atoms with Crippen molar-refractivity contribution in [1.82, 2.24) is 20.3 Å². The zero-order valence-electron chi connectivity index (χ0n) is 13.1. The summed E-state index contributed by atoms with van der Waals surface area (Å²) in [6.45, 7) is 4.34. The predicted octanol–water partition coefficient (Wildman–Crippen LogP) is 3.33. The summed E-state index contributed by atoms with van der Waals surface area (Å²) in [5.41, 5.74) is 3.03. The molecule has 3 aromatic rings. The fraction of sp³-hybridized carbons (Fsp3) is 0.235. The number of rotatable bonds is 5. The molecular weight excluding hydrogens is 308 g/mol. The van der Waals surface area contributed by atoms with Gasteiger partial charge < -0.3 is 10.3 Å². The number of H-pyrrole nitrogens is 1. The van der Waals surface area contributed by atoms with E-state index in [9.17, 15) is 4.79 Å². The normalized spacial score (nSPS) is 10.7. The highest BCUT2D eigenvalue weighted by molar-refractivity contribution is 7.09. The lowest BCUT2D eigenvalue weighted by molar-refractivity contribution is 0.0945. The van der Waals surface area contributed by atoms with Gasteiger partial charge in [-0.3, -0.25) is 4.79 Å². The minimum absolute atomic E-state index is 0.188. The fourth-order valence-electron chi connectivity index (χ4n) is 2.26. The van der Waals surface area contributed by atoms with Crippen LogP contribution in [0.2, 0.25) is 0 Å². The third kappa shape index (κ3) is 3.48. The van der Waals surface area contributed by atoms with E-state index in [1.165, 1.54) is 0 Å². The van der Waals surface area contributed by atoms with E-state index in [1.54, 1.807) is 11.3 Å². The minimum atomic E-state index is -0.188. The first kappa shape index (κ1) is 15.4. The van der Waals surface area contributed by atoms with Crippen LogP contribution in [-0.2, 0) is 13.0 Å². The zero-order valence-corrected chi connectivity index (χ0v) is 13.9. The zero-order chi connectivity index (χ0) is 16.2. The molecule has 0 radical (unpaired) electrons. The maximum Gasteiger partial charge on any atom is 0.272 e. The van der Waals surface area contributed by atoms with Crippen molar-refractivity contribution in [3.63, 3.8) is 0 Å². The number of benzene rings is 1. The van der Waals surface area contributed by atoms with Crippen LogP contribution >= 0.6 is 11.3 Å². The highest BCUT2D eigenvalue weighted by Crippen LogP contribution is 2.17. The lowest BCUT2D eigenvalue weighted by Gasteiger charge is -2.01. The van der Waals surface area contributed by atoms with Gasteiger partial charge in [0, 0.05) is 16.6 Å². The van der Waals surface area contributed by atoms with Crippen LogP contribution < -0.4 is 5.32 Å². The van der Waals surface area contributed by atoms with Gasteiger partial charge in [-0.25, -0.2) is 9.97 Å². The fourth-order valence-corrected chi connectivity index (χ4v) is 3.01. The molecule has 1 aromatic carbocycles. The number of nitrogens with one attached hydrogen (secondary N) is 2. The third-order valence-corrected chi connectivity index (χ3v) is 4.52. The maximum absolute atomic E-state index is 12.3. The van der Waals surface area contributed by atoms with Crippen molar-refractivity contribution in [2.75, 3.05) is 0 Å². The molecular formula is C17H18N4OS. The molecule has 0 bridgehead atoms. The molecule has 3 rings (SSSR count). The second-order valence-electron chi connectivity index (χ2n) is 5.19. The molecule has 2 heterocycles. The van der Waals surface area contributed by atoms with Gasteiger partial charge in [-0.1, -0.05) is 37.3 Å². The topological polar surface area (TPSA) is 70.7 Å². The summed E-state index contributed by atoms with van der Waals surface area (Å²) in [6.07, 6.45) is 0.914. The van der Waals surface area contributed by atoms with Gasteiger partial charge in [0.15, 0.2) is 0 Å². The van der Waals surface area contributed by atoms with Crippen molar-refractivity contribution >= 4 is 17.2 Å². The van der Waals surface area contributed by atoms with E-state index < -0.39 is 0 Å². The van der Waals surface area contributed by atoms with Crippen LogP contribution in [0.5, 0.6) is 0 Å². The summed E-state index contributed by atoms with van der Waals surface area (Å²) in [6, 6.07) is 9.76. The number of aromatic nitrogens is 3. The Balaban J connectivity index is 1.71. The molecule has 1 amide bonds. The minimum Gasteiger partial charge on any atom is -0.345 e. The van der Waals surface area contributed by atoms with Gasteiger partial charge in [-0.15, -0.1) is 11.3 Å². The highest BCUT2D eigenvalue weighted by atomic mass is 32.1. The molecule has 118 valence electrons. The van der Waals surface area contributed by atoms with E-state index in [2.05, 4.69) is 27.2 Å². The van der Waals surface area contributed by atoms with E-state index >= 15 is 0 Å². The third-order valence-electron chi connectivity index (χ3n) is 3.48. The summed E-state index contributed by atoms with van der Waals surface area (Å²) < 4.78 is 0. The predicted molar refractivity (Wildman–Crippen MR) is 91.4 cm³/mol. The van der Waals surface area contributed by atoms with E-state index in [1.807, 2.05) is 42.6 Å². The van der Waals surface area contributed by atoms with Gasteiger partial charge in [0.1, 0.15) is 11.5 Å². The molecule has 5 nitrogen and oxygen atoms in total. The average Bonchev–Trinajstić information content (AvgIpc) is 3.20. The Labute approximate surface area is 138 Å². The number of hydrogen-bond donors (Lipinski definition) is 2. The van der Waals surface area contributed by atoms with Gasteiger partial charge in [-0.05, 0) is 13.3 Å². The van der Waals surface area contributed by atoms with Crippen LogP contribution in [-0.4, -0.2) is 20.9 Å². The van der Waals surface area contributed by atoms with Crippen LogP contribution in [0.1, 0.15) is 33.8 Å². The van der Waals surface area contributed by atoms with Gasteiger partial charge in [0.25, 0.3) is 5.91 Å². The molecule has 0 unspecified atom stereocenters. The van der Waals surface area contributed by atoms with Gasteiger partial charge in [0.2, 0.25) is 0 Å². The number of amides is 1. The number of aryl methyl sites for hydroxylation is 2. The van der Waals surface area contributed by atoms with Crippen LogP contribution in [0.15, 0.2) is 35.7 Å². The lowest BCUT2D eigenvalue weighted by atomic mass is 10.2. The maximum atomic E-state index is 12.3. The Morgan fingerprint density at radius 3 is 2.74 bits per heavy atom. The second kappa shape index (κ2) is 6.75. The van der Waals surface area contributed by atoms with Crippen LogP contribution in [0.4, 0.5) is 0 Å². The Hall–Kier alpha value is -2.47. The van der Waals surface area contributed by atoms with Crippen molar-refractivity contribution in [3.8, 4) is 11.4 Å². The molecule has 0 aliphatic rings. The average molecular weight is 326 g/mol. The van der Waals surface area contributed by atoms with E-state index in [-0.39, 0.29) is 5.91 Å². The van der Waals surface area contributed by atoms with E-state index in [0.29, 0.717) is 18.1 Å². The number of hydrogen-bond acceptors (Lipinski definition) is 4. The monoisotopic (exact) mass is 326 g/mol. The van der Waals surface area contributed by atoms with Crippen molar-refractivity contribution in [2.45, 2.75) is 26.8 Å². The van der Waals surface area contributed by atoms with Crippen LogP contribution in [0, 0.1) is 6.92 Å². The number of nitrogens with zero attached hydrogens (tertiary/aromatic N) is 2. The SMILES string of the molecule is CCc1nc(CNC(=O)c2nc(-c3ccccc3)[nH]c2C)cs1. The molecule has 0 saturated carbocycles. The van der Waals surface area contributed by atoms with Crippen LogP contribution in [0.3, 0.4) is 0 Å². The number of thiazole rings is 1. The van der Waals surface area contributed by atoms with Crippen molar-refractivity contribution in [1.29, 1.82) is 0 Å². The molecule has 2 N–H and O–H groups in total. The van der Waals surface area contributed by atoms with Crippen molar-refractivity contribution in [3.05, 3.63) is 57.8 Å². The van der Waals surface area contributed by atoms with E-state index in [4.69, 9.17) is 0 Å². The molecule has 0 aliphatic heterocycles. The number of carbonyl (C=O) groups is 1. The Morgan fingerprint density at radius 1 is 1.26 bits per heavy atom. The number of carbonyl (C=O) groups excluding carboxylic acids is 1. The van der Waals surface area contributed by atoms with Crippen LogP contribution in [0.25, 0.3) is 11.4 Å². The summed E-state index contributed by atoms with van der Waals surface area (Å²) in [4.78, 5) is 24.4. The molecule has 0 spiro atoms. The molecule has 6 heteroatoms. The van der Waals surface area contributed by atoms with Gasteiger partial charge in [-0.2, -0.15) is 0 Å². The largest absolute Gasteiger partial charge is 0.345 e. The molecule has 23 heavy (non-hydrogen) atoms. The molecule has 0 saturated heterocycles. The first-order chi connectivity index (χ1) is 11.2. The first-order valence-electron chi connectivity index (χ1n) is 7.51. The number of imidazole rings is 1. The Bertz CT molecular complexity index is 807. The summed E-state index contributed by atoms with van der Waals surface area (Å²) in [7, 11) is 0. The first-order valence-corrected chi connectivity index (χ1v) is 8.39. The summed E-state index contributed by atoms with van der Waals surface area (Å²) in [5, 5.41) is 5.94. The standard InChI is InChI=1S/C17H18N4OS/c1-3-14-20-13(10-23-14)9-18-17(22)15-11(2)19-16(21-15)12-7-5-4-6-8-12/h4-8,10H,3,9H2,1-2H3,(H,18,22)(H,19,21). The molecule has 0 atom stereocenters. The second-order valence-corrected chi connectivity index (χ2v) is 6.14. The Kier molecular flexibility index (Phi) is 4.52. The quantitative estimate of drug-likeness (QED) is 0.755. The molecule has 0 aliphatic carbocycles. The molecule has 0 fully saturated rings. The van der Waals surface area contributed by atoms with Crippen molar-refractivity contribution < 1.29 is 4.79 Å². The van der Waals surface area contributed by atoms with Gasteiger partial charge in [0.05, 0.1) is 17.2 Å². The summed E-state index contributed by atoms with van der Waals surface area (Å²) in [5.74, 6) is 0.516. The summed E-state index contributed by atoms with van der Waals surface area (Å²) >= 11 is 1.62. The lowest BCUT2D eigenvalue weighted by Crippen LogP contribution is -2.24. The highest BCUT2D eigenvalue weighted by Gasteiger charge is 2.15. The van der Waals surface area contributed by atoms with Crippen molar-refractivity contribution in [2.24, 2.45) is 0 Å². The van der Waals surface area contributed by atoms with E-state index in [0.717, 1.165) is 28.4 Å². The van der Waals surface area contributed by atoms with Gasteiger partial charge >= 0.3 is 0 Å². The smallest absolute Gasteiger partial charge is 0.272 e. The number of aromatic amines is 1. The Morgan fingerprint density at radius 2 is 2.04 bits per heavy atom. The molecule has 2 aromatic heterocycles.